The first-order valence-corrected chi connectivity index (χ1v) is 10.0. The number of nitrogens with one attached hydrogen (secondary N) is 1. The average Bonchev–Trinajstić information content (AvgIpc) is 2.75. The Morgan fingerprint density at radius 2 is 1.93 bits per heavy atom. The lowest BCUT2D eigenvalue weighted by atomic mass is 10.1. The molecule has 1 saturated heterocycles. The molecule has 0 bridgehead atoms. The lowest BCUT2D eigenvalue weighted by Gasteiger charge is -2.33. The van der Waals surface area contributed by atoms with Crippen LogP contribution in [0.5, 0.6) is 5.75 Å². The van der Waals surface area contributed by atoms with Crippen LogP contribution in [0.25, 0.3) is 0 Å². The molecule has 0 saturated carbocycles. The van der Waals surface area contributed by atoms with Crippen LogP contribution in [0.15, 0.2) is 54.6 Å². The van der Waals surface area contributed by atoms with Crippen LogP contribution in [-0.2, 0) is 16.0 Å². The highest BCUT2D eigenvalue weighted by Crippen LogP contribution is 2.22. The van der Waals surface area contributed by atoms with Crippen molar-refractivity contribution in [2.24, 2.45) is 0 Å². The van der Waals surface area contributed by atoms with Crippen molar-refractivity contribution in [2.75, 3.05) is 39.9 Å². The maximum absolute atomic E-state index is 12.1. The third-order valence-corrected chi connectivity index (χ3v) is 5.07. The molecule has 1 atom stereocenters. The van der Waals surface area contributed by atoms with E-state index in [0.29, 0.717) is 6.42 Å². The minimum atomic E-state index is 0.0701. The molecule has 1 fully saturated rings. The van der Waals surface area contributed by atoms with Crippen LogP contribution >= 0.6 is 0 Å². The Hall–Kier alpha value is -2.37. The number of carbonyl (C=O) groups excluding carboxylic acids is 1. The van der Waals surface area contributed by atoms with Gasteiger partial charge in [0.1, 0.15) is 5.75 Å². The number of methoxy groups -OCH3 is 1. The van der Waals surface area contributed by atoms with E-state index in [1.165, 1.54) is 5.56 Å². The highest BCUT2D eigenvalue weighted by atomic mass is 16.5. The number of ether oxygens (including phenoxy) is 2. The van der Waals surface area contributed by atoms with Crippen LogP contribution in [0, 0.1) is 0 Å². The summed E-state index contributed by atoms with van der Waals surface area (Å²) < 4.78 is 11.1. The monoisotopic (exact) mass is 382 g/mol. The fourth-order valence-corrected chi connectivity index (χ4v) is 3.45. The maximum atomic E-state index is 12.1. The third-order valence-electron chi connectivity index (χ3n) is 5.07. The molecular weight excluding hydrogens is 352 g/mol. The molecule has 0 spiro atoms. The molecule has 1 aliphatic heterocycles. The van der Waals surface area contributed by atoms with Crippen molar-refractivity contribution in [3.63, 3.8) is 0 Å². The van der Waals surface area contributed by atoms with Crippen molar-refractivity contribution >= 4 is 5.91 Å². The summed E-state index contributed by atoms with van der Waals surface area (Å²) in [6, 6.07) is 18.0. The highest BCUT2D eigenvalue weighted by Gasteiger charge is 2.21. The van der Waals surface area contributed by atoms with E-state index in [4.69, 9.17) is 9.47 Å². The first kappa shape index (κ1) is 20.4. The Morgan fingerprint density at radius 3 is 2.68 bits per heavy atom. The Kier molecular flexibility index (Phi) is 7.88. The fraction of sp³-hybridized carbons (Fsp3) is 0.435. The first-order valence-electron chi connectivity index (χ1n) is 10.0. The predicted molar refractivity (Wildman–Crippen MR) is 111 cm³/mol. The molecule has 2 aromatic carbocycles. The van der Waals surface area contributed by atoms with Crippen molar-refractivity contribution in [1.82, 2.24) is 10.2 Å². The SMILES string of the molecule is COc1ccc(CC(=O)NCCCCN2CCOC(c3ccccc3)C2)cc1. The minimum Gasteiger partial charge on any atom is -0.497 e. The summed E-state index contributed by atoms with van der Waals surface area (Å²) in [5.41, 5.74) is 2.25. The molecular formula is C23H30N2O3. The topological polar surface area (TPSA) is 50.8 Å². The highest BCUT2D eigenvalue weighted by molar-refractivity contribution is 5.78. The van der Waals surface area contributed by atoms with Crippen LogP contribution in [0.4, 0.5) is 0 Å². The number of benzene rings is 2. The minimum absolute atomic E-state index is 0.0701. The zero-order valence-corrected chi connectivity index (χ0v) is 16.6. The molecule has 1 heterocycles. The Morgan fingerprint density at radius 1 is 1.14 bits per heavy atom. The summed E-state index contributed by atoms with van der Waals surface area (Å²) >= 11 is 0. The molecule has 1 amide bonds. The number of hydrogen-bond acceptors (Lipinski definition) is 4. The summed E-state index contributed by atoms with van der Waals surface area (Å²) in [5.74, 6) is 0.877. The van der Waals surface area contributed by atoms with E-state index >= 15 is 0 Å². The van der Waals surface area contributed by atoms with E-state index in [1.54, 1.807) is 7.11 Å². The molecule has 0 aromatic heterocycles. The van der Waals surface area contributed by atoms with Crippen LogP contribution in [0.3, 0.4) is 0 Å². The van der Waals surface area contributed by atoms with Gasteiger partial charge in [-0.05, 0) is 42.6 Å². The van der Waals surface area contributed by atoms with Crippen molar-refractivity contribution in [3.8, 4) is 5.75 Å². The third kappa shape index (κ3) is 6.36. The average molecular weight is 383 g/mol. The molecule has 2 aromatic rings. The van der Waals surface area contributed by atoms with Crippen molar-refractivity contribution < 1.29 is 14.3 Å². The van der Waals surface area contributed by atoms with Crippen LogP contribution in [0.2, 0.25) is 0 Å². The first-order chi connectivity index (χ1) is 13.7. The molecule has 1 aliphatic rings. The molecule has 3 rings (SSSR count). The molecule has 28 heavy (non-hydrogen) atoms. The standard InChI is InChI=1S/C23H30N2O3/c1-27-21-11-9-19(10-12-21)17-23(26)24-13-5-6-14-25-15-16-28-22(18-25)20-7-3-2-4-8-20/h2-4,7-12,22H,5-6,13-18H2,1H3,(H,24,26). The Balaban J connectivity index is 1.30. The fourth-order valence-electron chi connectivity index (χ4n) is 3.45. The quantitative estimate of drug-likeness (QED) is 0.677. The molecule has 5 heteroatoms. The lowest BCUT2D eigenvalue weighted by molar-refractivity contribution is -0.120. The zero-order chi connectivity index (χ0) is 19.6. The van der Waals surface area contributed by atoms with E-state index in [-0.39, 0.29) is 12.0 Å². The van der Waals surface area contributed by atoms with Crippen molar-refractivity contribution in [1.29, 1.82) is 0 Å². The summed E-state index contributed by atoms with van der Waals surface area (Å²) in [6.45, 7) is 4.46. The molecule has 1 N–H and O–H groups in total. The van der Waals surface area contributed by atoms with Crippen LogP contribution < -0.4 is 10.1 Å². The Bertz CT molecular complexity index is 718. The number of unbranched alkanes of at least 4 members (excludes halogenated alkanes) is 1. The molecule has 0 radical (unpaired) electrons. The van der Waals surface area contributed by atoms with E-state index < -0.39 is 0 Å². The van der Waals surface area contributed by atoms with E-state index in [1.807, 2.05) is 30.3 Å². The van der Waals surface area contributed by atoms with Gasteiger partial charge >= 0.3 is 0 Å². The summed E-state index contributed by atoms with van der Waals surface area (Å²) in [5, 5.41) is 3.02. The Labute approximate surface area is 167 Å². The van der Waals surface area contributed by atoms with Gasteiger partial charge in [-0.3, -0.25) is 9.69 Å². The van der Waals surface area contributed by atoms with Crippen molar-refractivity contribution in [3.05, 3.63) is 65.7 Å². The van der Waals surface area contributed by atoms with Gasteiger partial charge in [-0.1, -0.05) is 42.5 Å². The van der Waals surface area contributed by atoms with Gasteiger partial charge in [0, 0.05) is 19.6 Å². The largest absolute Gasteiger partial charge is 0.497 e. The van der Waals surface area contributed by atoms with E-state index in [9.17, 15) is 4.79 Å². The van der Waals surface area contributed by atoms with E-state index in [2.05, 4.69) is 34.5 Å². The van der Waals surface area contributed by atoms with Gasteiger partial charge in [0.25, 0.3) is 0 Å². The molecule has 150 valence electrons. The molecule has 1 unspecified atom stereocenters. The van der Waals surface area contributed by atoms with Gasteiger partial charge in [0.2, 0.25) is 5.91 Å². The number of nitrogens with zero attached hydrogens (tertiary/aromatic N) is 1. The summed E-state index contributed by atoms with van der Waals surface area (Å²) in [7, 11) is 1.64. The van der Waals surface area contributed by atoms with Gasteiger partial charge in [0.05, 0.1) is 26.2 Å². The number of hydrogen-bond donors (Lipinski definition) is 1. The van der Waals surface area contributed by atoms with Gasteiger partial charge < -0.3 is 14.8 Å². The zero-order valence-electron chi connectivity index (χ0n) is 16.6. The van der Waals surface area contributed by atoms with Gasteiger partial charge in [0.15, 0.2) is 0 Å². The van der Waals surface area contributed by atoms with Crippen LogP contribution in [0.1, 0.15) is 30.1 Å². The normalized spacial score (nSPS) is 17.2. The lowest BCUT2D eigenvalue weighted by Crippen LogP contribution is -2.39. The summed E-state index contributed by atoms with van der Waals surface area (Å²) in [6.07, 6.45) is 2.64. The number of rotatable bonds is 9. The number of amides is 1. The number of carbonyl (C=O) groups is 1. The maximum Gasteiger partial charge on any atom is 0.224 e. The molecule has 0 aliphatic carbocycles. The summed E-state index contributed by atoms with van der Waals surface area (Å²) in [4.78, 5) is 14.5. The second-order valence-corrected chi connectivity index (χ2v) is 7.15. The van der Waals surface area contributed by atoms with E-state index in [0.717, 1.165) is 56.9 Å². The molecule has 5 nitrogen and oxygen atoms in total. The predicted octanol–water partition coefficient (Wildman–Crippen LogP) is 3.21. The van der Waals surface area contributed by atoms with Gasteiger partial charge in [-0.2, -0.15) is 0 Å². The van der Waals surface area contributed by atoms with Gasteiger partial charge in [-0.25, -0.2) is 0 Å². The van der Waals surface area contributed by atoms with Gasteiger partial charge in [-0.15, -0.1) is 0 Å². The second-order valence-electron chi connectivity index (χ2n) is 7.15. The van der Waals surface area contributed by atoms with Crippen molar-refractivity contribution in [2.45, 2.75) is 25.4 Å². The number of morpholine rings is 1. The smallest absolute Gasteiger partial charge is 0.224 e. The van der Waals surface area contributed by atoms with Crippen LogP contribution in [-0.4, -0.2) is 50.7 Å². The second kappa shape index (κ2) is 10.8.